The topological polar surface area (TPSA) is 61.8 Å². The summed E-state index contributed by atoms with van der Waals surface area (Å²) in [6.45, 7) is -0.292. The van der Waals surface area contributed by atoms with Crippen LogP contribution in [0.4, 0.5) is 4.39 Å². The number of fused-ring (bicyclic) bond motifs is 2. The Balaban J connectivity index is 1.45. The van der Waals surface area contributed by atoms with Crippen molar-refractivity contribution < 1.29 is 28.2 Å². The highest BCUT2D eigenvalue weighted by atomic mass is 32.1. The van der Waals surface area contributed by atoms with Gasteiger partial charge >= 0.3 is 5.97 Å². The van der Waals surface area contributed by atoms with E-state index in [2.05, 4.69) is 0 Å². The van der Waals surface area contributed by atoms with Crippen molar-refractivity contribution in [2.75, 3.05) is 13.4 Å². The van der Waals surface area contributed by atoms with E-state index in [0.29, 0.717) is 27.1 Å². The van der Waals surface area contributed by atoms with Crippen LogP contribution in [0.5, 0.6) is 11.5 Å². The number of Topliss-reactive ketones (excluding diaryl/α,β-unsaturated/α-hetero) is 1. The van der Waals surface area contributed by atoms with Gasteiger partial charge in [0.05, 0.1) is 0 Å². The molecule has 0 saturated carbocycles. The fourth-order valence-electron chi connectivity index (χ4n) is 2.48. The first-order valence-corrected chi connectivity index (χ1v) is 8.21. The molecule has 0 bridgehead atoms. The fraction of sp³-hybridized carbons (Fsp3) is 0.111. The highest BCUT2D eigenvalue weighted by molar-refractivity contribution is 7.20. The van der Waals surface area contributed by atoms with Crippen LogP contribution in [0.2, 0.25) is 0 Å². The Hall–Kier alpha value is -2.93. The number of ketones is 1. The zero-order valence-corrected chi connectivity index (χ0v) is 13.6. The van der Waals surface area contributed by atoms with E-state index in [1.54, 1.807) is 30.3 Å². The predicted octanol–water partition coefficient (Wildman–Crippen LogP) is 3.81. The van der Waals surface area contributed by atoms with Gasteiger partial charge in [-0.15, -0.1) is 11.3 Å². The normalized spacial score (nSPS) is 12.4. The van der Waals surface area contributed by atoms with Crippen molar-refractivity contribution in [1.82, 2.24) is 0 Å². The molecule has 1 aliphatic heterocycles. The molecule has 7 heteroatoms. The van der Waals surface area contributed by atoms with Gasteiger partial charge in [-0.05, 0) is 36.4 Å². The third-order valence-electron chi connectivity index (χ3n) is 3.74. The number of benzene rings is 2. The van der Waals surface area contributed by atoms with Gasteiger partial charge < -0.3 is 14.2 Å². The van der Waals surface area contributed by atoms with Gasteiger partial charge in [0.1, 0.15) is 10.7 Å². The van der Waals surface area contributed by atoms with E-state index in [0.717, 1.165) is 11.3 Å². The minimum absolute atomic E-state index is 0.116. The van der Waals surface area contributed by atoms with Gasteiger partial charge in [-0.3, -0.25) is 4.79 Å². The minimum atomic E-state index is -0.658. The third kappa shape index (κ3) is 2.94. The van der Waals surface area contributed by atoms with E-state index in [-0.39, 0.29) is 17.5 Å². The second kappa shape index (κ2) is 6.18. The largest absolute Gasteiger partial charge is 0.454 e. The lowest BCUT2D eigenvalue weighted by atomic mass is 10.1. The molecule has 0 unspecified atom stereocenters. The maximum Gasteiger partial charge on any atom is 0.348 e. The molecule has 5 nitrogen and oxygen atoms in total. The highest BCUT2D eigenvalue weighted by Gasteiger charge is 2.19. The average Bonchev–Trinajstić information content (AvgIpc) is 3.25. The number of hydrogen-bond acceptors (Lipinski definition) is 6. The molecule has 1 aliphatic rings. The van der Waals surface area contributed by atoms with Gasteiger partial charge in [-0.2, -0.15) is 0 Å². The SMILES string of the molecule is O=C(COC(=O)c1cc2c(F)cccc2s1)c1ccc2c(c1)OCO2. The smallest absolute Gasteiger partial charge is 0.348 e. The molecule has 1 aromatic heterocycles. The van der Waals surface area contributed by atoms with Crippen LogP contribution in [0.25, 0.3) is 10.1 Å². The lowest BCUT2D eigenvalue weighted by molar-refractivity contribution is 0.0479. The number of carbonyl (C=O) groups excluding carboxylic acids is 2. The third-order valence-corrected chi connectivity index (χ3v) is 4.82. The second-order valence-corrected chi connectivity index (χ2v) is 6.41. The first-order chi connectivity index (χ1) is 12.1. The molecule has 3 aromatic rings. The summed E-state index contributed by atoms with van der Waals surface area (Å²) < 4.78 is 29.8. The van der Waals surface area contributed by atoms with E-state index in [1.165, 1.54) is 12.1 Å². The molecule has 0 spiro atoms. The Morgan fingerprint density at radius 3 is 2.80 bits per heavy atom. The first-order valence-electron chi connectivity index (χ1n) is 7.40. The van der Waals surface area contributed by atoms with Crippen LogP contribution in [0.3, 0.4) is 0 Å². The molecule has 126 valence electrons. The maximum absolute atomic E-state index is 13.7. The molecule has 0 N–H and O–H groups in total. The van der Waals surface area contributed by atoms with Crippen LogP contribution in [0, 0.1) is 5.82 Å². The number of hydrogen-bond donors (Lipinski definition) is 0. The second-order valence-electron chi connectivity index (χ2n) is 5.33. The van der Waals surface area contributed by atoms with E-state index in [1.807, 2.05) is 0 Å². The number of carbonyl (C=O) groups is 2. The average molecular weight is 358 g/mol. The van der Waals surface area contributed by atoms with Gasteiger partial charge in [-0.1, -0.05) is 6.07 Å². The molecule has 0 aliphatic carbocycles. The Bertz CT molecular complexity index is 994. The predicted molar refractivity (Wildman–Crippen MR) is 89.0 cm³/mol. The van der Waals surface area contributed by atoms with E-state index >= 15 is 0 Å². The minimum Gasteiger partial charge on any atom is -0.454 e. The Labute approximate surface area is 145 Å². The molecule has 25 heavy (non-hydrogen) atoms. The van der Waals surface area contributed by atoms with Crippen molar-refractivity contribution in [1.29, 1.82) is 0 Å². The number of thiophene rings is 1. The zero-order chi connectivity index (χ0) is 17.4. The van der Waals surface area contributed by atoms with Crippen molar-refractivity contribution >= 4 is 33.2 Å². The van der Waals surface area contributed by atoms with Gasteiger partial charge in [0.25, 0.3) is 0 Å². The summed E-state index contributed by atoms with van der Waals surface area (Å²) >= 11 is 1.12. The van der Waals surface area contributed by atoms with Crippen LogP contribution >= 0.6 is 11.3 Å². The van der Waals surface area contributed by atoms with Crippen molar-refractivity contribution in [3.63, 3.8) is 0 Å². The summed E-state index contributed by atoms with van der Waals surface area (Å²) in [6.07, 6.45) is 0. The molecule has 0 radical (unpaired) electrons. The summed E-state index contributed by atoms with van der Waals surface area (Å²) in [6, 6.07) is 10.8. The van der Waals surface area contributed by atoms with Crippen LogP contribution in [0.1, 0.15) is 20.0 Å². The van der Waals surface area contributed by atoms with E-state index < -0.39 is 18.4 Å². The van der Waals surface area contributed by atoms with Gasteiger partial charge in [-0.25, -0.2) is 9.18 Å². The van der Waals surface area contributed by atoms with Gasteiger partial charge in [0.15, 0.2) is 23.9 Å². The number of halogens is 1. The molecule has 0 saturated heterocycles. The molecule has 0 fully saturated rings. The molecular weight excluding hydrogens is 347 g/mol. The van der Waals surface area contributed by atoms with Gasteiger partial charge in [0.2, 0.25) is 6.79 Å². The first kappa shape index (κ1) is 15.6. The molecular formula is C18H11FO5S. The van der Waals surface area contributed by atoms with Crippen LogP contribution in [-0.2, 0) is 4.74 Å². The Morgan fingerprint density at radius 2 is 1.96 bits per heavy atom. The Morgan fingerprint density at radius 1 is 1.12 bits per heavy atom. The highest BCUT2D eigenvalue weighted by Crippen LogP contribution is 2.32. The number of ether oxygens (including phenoxy) is 3. The van der Waals surface area contributed by atoms with E-state index in [4.69, 9.17) is 14.2 Å². The zero-order valence-electron chi connectivity index (χ0n) is 12.8. The molecule has 4 rings (SSSR count). The summed E-state index contributed by atoms with van der Waals surface area (Å²) in [4.78, 5) is 24.5. The quantitative estimate of drug-likeness (QED) is 0.524. The maximum atomic E-state index is 13.7. The molecule has 2 aromatic carbocycles. The summed E-state index contributed by atoms with van der Waals surface area (Å²) in [5.74, 6) is -0.365. The van der Waals surface area contributed by atoms with Crippen molar-refractivity contribution in [2.45, 2.75) is 0 Å². The summed E-state index contributed by atoms with van der Waals surface area (Å²) in [5.41, 5.74) is 0.361. The van der Waals surface area contributed by atoms with Crippen LogP contribution < -0.4 is 9.47 Å². The monoisotopic (exact) mass is 358 g/mol. The van der Waals surface area contributed by atoms with Crippen molar-refractivity contribution in [3.05, 3.63) is 58.7 Å². The standard InChI is InChI=1S/C18H11FO5S/c19-12-2-1-3-16-11(12)7-17(25-16)18(21)22-8-13(20)10-4-5-14-15(6-10)24-9-23-14/h1-7H,8-9H2. The summed E-state index contributed by atoms with van der Waals surface area (Å²) in [5, 5.41) is 0.363. The van der Waals surface area contributed by atoms with Crippen LogP contribution in [0.15, 0.2) is 42.5 Å². The molecule has 2 heterocycles. The lowest BCUT2D eigenvalue weighted by Crippen LogP contribution is -2.13. The number of rotatable bonds is 4. The lowest BCUT2D eigenvalue weighted by Gasteiger charge is -2.04. The van der Waals surface area contributed by atoms with Crippen LogP contribution in [-0.4, -0.2) is 25.2 Å². The fourth-order valence-corrected chi connectivity index (χ4v) is 3.45. The van der Waals surface area contributed by atoms with E-state index in [9.17, 15) is 14.0 Å². The number of esters is 1. The van der Waals surface area contributed by atoms with Crippen molar-refractivity contribution in [2.24, 2.45) is 0 Å². The molecule has 0 amide bonds. The van der Waals surface area contributed by atoms with Crippen molar-refractivity contribution in [3.8, 4) is 11.5 Å². The van der Waals surface area contributed by atoms with Gasteiger partial charge in [0, 0.05) is 15.6 Å². The Kier molecular flexibility index (Phi) is 3.85. The molecule has 0 atom stereocenters. The summed E-state index contributed by atoms with van der Waals surface area (Å²) in [7, 11) is 0.